The van der Waals surface area contributed by atoms with E-state index in [4.69, 9.17) is 4.74 Å². The second-order valence-electron chi connectivity index (χ2n) is 8.41. The highest BCUT2D eigenvalue weighted by atomic mass is 32.2. The third-order valence-corrected chi connectivity index (χ3v) is 7.45. The molecule has 0 fully saturated rings. The van der Waals surface area contributed by atoms with E-state index in [1.165, 1.54) is 30.5 Å². The second kappa shape index (κ2) is 11.6. The van der Waals surface area contributed by atoms with Crippen LogP contribution in [0, 0.1) is 0 Å². The molecule has 38 heavy (non-hydrogen) atoms. The third kappa shape index (κ3) is 6.19. The number of anilines is 3. The first-order valence-electron chi connectivity index (χ1n) is 11.8. The Kier molecular flexibility index (Phi) is 8.08. The minimum atomic E-state index is -4.08. The maximum atomic E-state index is 13.9. The Morgan fingerprint density at radius 3 is 2.08 bits per heavy atom. The molecule has 0 atom stereocenters. The summed E-state index contributed by atoms with van der Waals surface area (Å²) in [6, 6.07) is 28.5. The van der Waals surface area contributed by atoms with Crippen LogP contribution >= 0.6 is 0 Å². The van der Waals surface area contributed by atoms with Crippen molar-refractivity contribution < 1.29 is 22.7 Å². The number of sulfonamides is 1. The summed E-state index contributed by atoms with van der Waals surface area (Å²) in [7, 11) is -2.57. The van der Waals surface area contributed by atoms with Gasteiger partial charge in [0.15, 0.2) is 0 Å². The molecule has 0 heterocycles. The number of ether oxygens (including phenoxy) is 1. The van der Waals surface area contributed by atoms with Crippen LogP contribution in [0.5, 0.6) is 5.75 Å². The summed E-state index contributed by atoms with van der Waals surface area (Å²) in [4.78, 5) is 24.9. The summed E-state index contributed by atoms with van der Waals surface area (Å²) in [6.45, 7) is 1.41. The Hall–Kier alpha value is -4.63. The standard InChI is InChI=1S/C29H27N3O5S/c1-21(33)30-23-11-8-12-24(19-23)31-29(34)27-13-6-7-14-28(27)32(20-22-9-4-3-5-10-22)38(35,36)26-17-15-25(37-2)16-18-26/h3-19H,20H2,1-2H3,(H,30,33)(H,31,34). The minimum Gasteiger partial charge on any atom is -0.497 e. The Morgan fingerprint density at radius 1 is 0.789 bits per heavy atom. The maximum absolute atomic E-state index is 13.9. The van der Waals surface area contributed by atoms with Crippen molar-refractivity contribution in [2.45, 2.75) is 18.4 Å². The number of nitrogens with zero attached hydrogens (tertiary/aromatic N) is 1. The van der Waals surface area contributed by atoms with E-state index in [1.54, 1.807) is 60.7 Å². The van der Waals surface area contributed by atoms with Gasteiger partial charge in [-0.2, -0.15) is 0 Å². The molecular formula is C29H27N3O5S. The van der Waals surface area contributed by atoms with Crippen molar-refractivity contribution >= 4 is 38.9 Å². The van der Waals surface area contributed by atoms with E-state index in [9.17, 15) is 18.0 Å². The SMILES string of the molecule is COc1ccc(S(=O)(=O)N(Cc2ccccc2)c2ccccc2C(=O)Nc2cccc(NC(C)=O)c2)cc1. The van der Waals surface area contributed by atoms with Crippen LogP contribution in [-0.2, 0) is 21.4 Å². The molecule has 4 aromatic carbocycles. The quantitative estimate of drug-likeness (QED) is 0.306. The lowest BCUT2D eigenvalue weighted by atomic mass is 10.1. The van der Waals surface area contributed by atoms with Crippen LogP contribution in [0.1, 0.15) is 22.8 Å². The summed E-state index contributed by atoms with van der Waals surface area (Å²) in [5.41, 5.74) is 2.12. The predicted molar refractivity (Wildman–Crippen MR) is 148 cm³/mol. The number of para-hydroxylation sites is 1. The molecule has 2 amide bonds. The maximum Gasteiger partial charge on any atom is 0.264 e. The molecule has 0 aliphatic rings. The van der Waals surface area contributed by atoms with Gasteiger partial charge in [0.1, 0.15) is 5.75 Å². The monoisotopic (exact) mass is 529 g/mol. The van der Waals surface area contributed by atoms with E-state index in [0.29, 0.717) is 17.1 Å². The number of hydrogen-bond acceptors (Lipinski definition) is 5. The van der Waals surface area contributed by atoms with Gasteiger partial charge < -0.3 is 15.4 Å². The molecule has 0 aliphatic heterocycles. The van der Waals surface area contributed by atoms with Crippen molar-refractivity contribution in [1.82, 2.24) is 0 Å². The van der Waals surface area contributed by atoms with Crippen LogP contribution in [0.15, 0.2) is 108 Å². The number of nitrogens with one attached hydrogen (secondary N) is 2. The Labute approximate surface area is 221 Å². The smallest absolute Gasteiger partial charge is 0.264 e. The highest BCUT2D eigenvalue weighted by molar-refractivity contribution is 7.92. The van der Waals surface area contributed by atoms with E-state index in [2.05, 4.69) is 10.6 Å². The average Bonchev–Trinajstić information content (AvgIpc) is 2.92. The summed E-state index contributed by atoms with van der Waals surface area (Å²) < 4.78 is 34.3. The van der Waals surface area contributed by atoms with Crippen LogP contribution in [0.3, 0.4) is 0 Å². The largest absolute Gasteiger partial charge is 0.497 e. The lowest BCUT2D eigenvalue weighted by Crippen LogP contribution is -2.32. The number of benzene rings is 4. The normalized spacial score (nSPS) is 10.9. The van der Waals surface area contributed by atoms with Gasteiger partial charge in [0.25, 0.3) is 15.9 Å². The topological polar surface area (TPSA) is 105 Å². The summed E-state index contributed by atoms with van der Waals surface area (Å²) in [5.74, 6) is -0.206. The van der Waals surface area contributed by atoms with Crippen LogP contribution < -0.4 is 19.7 Å². The lowest BCUT2D eigenvalue weighted by Gasteiger charge is -2.26. The molecule has 0 saturated carbocycles. The zero-order chi connectivity index (χ0) is 27.1. The molecule has 2 N–H and O–H groups in total. The molecular weight excluding hydrogens is 502 g/mol. The molecule has 0 aliphatic carbocycles. The average molecular weight is 530 g/mol. The van der Waals surface area contributed by atoms with Crippen LogP contribution in [0.2, 0.25) is 0 Å². The summed E-state index contributed by atoms with van der Waals surface area (Å²) in [6.07, 6.45) is 0. The highest BCUT2D eigenvalue weighted by Gasteiger charge is 2.28. The molecule has 0 unspecified atom stereocenters. The Bertz CT molecular complexity index is 1540. The summed E-state index contributed by atoms with van der Waals surface area (Å²) >= 11 is 0. The third-order valence-electron chi connectivity index (χ3n) is 5.67. The van der Waals surface area contributed by atoms with Crippen molar-refractivity contribution in [3.63, 3.8) is 0 Å². The first-order chi connectivity index (χ1) is 18.3. The molecule has 4 rings (SSSR count). The van der Waals surface area contributed by atoms with E-state index in [-0.39, 0.29) is 28.6 Å². The fraction of sp³-hybridized carbons (Fsp3) is 0.103. The van der Waals surface area contributed by atoms with Gasteiger partial charge in [0.2, 0.25) is 5.91 Å². The van der Waals surface area contributed by atoms with E-state index in [1.807, 2.05) is 30.3 Å². The zero-order valence-electron chi connectivity index (χ0n) is 20.9. The van der Waals surface area contributed by atoms with Gasteiger partial charge in [-0.15, -0.1) is 0 Å². The minimum absolute atomic E-state index is 0.0114. The number of methoxy groups -OCH3 is 1. The molecule has 9 heteroatoms. The van der Waals surface area contributed by atoms with Crippen LogP contribution in [0.25, 0.3) is 0 Å². The van der Waals surface area contributed by atoms with Crippen LogP contribution in [-0.4, -0.2) is 27.3 Å². The van der Waals surface area contributed by atoms with E-state index in [0.717, 1.165) is 5.56 Å². The van der Waals surface area contributed by atoms with Gasteiger partial charge in [-0.1, -0.05) is 48.5 Å². The number of carbonyl (C=O) groups excluding carboxylic acids is 2. The van der Waals surface area contributed by atoms with Crippen molar-refractivity contribution in [3.05, 3.63) is 114 Å². The van der Waals surface area contributed by atoms with Gasteiger partial charge >= 0.3 is 0 Å². The van der Waals surface area contributed by atoms with Crippen molar-refractivity contribution in [2.75, 3.05) is 22.0 Å². The second-order valence-corrected chi connectivity index (χ2v) is 10.3. The fourth-order valence-electron chi connectivity index (χ4n) is 3.88. The molecule has 0 saturated heterocycles. The fourth-order valence-corrected chi connectivity index (χ4v) is 5.36. The number of amides is 2. The number of hydrogen-bond donors (Lipinski definition) is 2. The van der Waals surface area contributed by atoms with Crippen molar-refractivity contribution in [1.29, 1.82) is 0 Å². The van der Waals surface area contributed by atoms with Gasteiger partial charge in [-0.05, 0) is 60.2 Å². The molecule has 0 bridgehead atoms. The predicted octanol–water partition coefficient (Wildman–Crippen LogP) is 5.30. The number of carbonyl (C=O) groups is 2. The van der Waals surface area contributed by atoms with E-state index < -0.39 is 15.9 Å². The molecule has 0 spiro atoms. The first-order valence-corrected chi connectivity index (χ1v) is 13.2. The lowest BCUT2D eigenvalue weighted by molar-refractivity contribution is -0.114. The van der Waals surface area contributed by atoms with Crippen molar-refractivity contribution in [2.24, 2.45) is 0 Å². The molecule has 8 nitrogen and oxygen atoms in total. The number of rotatable bonds is 9. The van der Waals surface area contributed by atoms with Crippen molar-refractivity contribution in [3.8, 4) is 5.75 Å². The van der Waals surface area contributed by atoms with Crippen LogP contribution in [0.4, 0.5) is 17.1 Å². The summed E-state index contributed by atoms with van der Waals surface area (Å²) in [5, 5.41) is 5.48. The van der Waals surface area contributed by atoms with Gasteiger partial charge in [0, 0.05) is 18.3 Å². The Morgan fingerprint density at radius 2 is 1.42 bits per heavy atom. The molecule has 0 aromatic heterocycles. The highest BCUT2D eigenvalue weighted by Crippen LogP contribution is 2.31. The molecule has 194 valence electrons. The Balaban J connectivity index is 1.74. The van der Waals surface area contributed by atoms with E-state index >= 15 is 0 Å². The molecule has 4 aromatic rings. The van der Waals surface area contributed by atoms with Gasteiger partial charge in [0.05, 0.1) is 29.8 Å². The molecule has 0 radical (unpaired) electrons. The van der Waals surface area contributed by atoms with Gasteiger partial charge in [-0.25, -0.2) is 8.42 Å². The zero-order valence-corrected chi connectivity index (χ0v) is 21.7. The first kappa shape index (κ1) is 26.4. The van der Waals surface area contributed by atoms with Gasteiger partial charge in [-0.3, -0.25) is 13.9 Å².